The first-order valence-electron chi connectivity index (χ1n) is 6.19. The van der Waals surface area contributed by atoms with Gasteiger partial charge in [0.2, 0.25) is 0 Å². The number of carbonyl (C=O) groups excluding carboxylic acids is 1. The van der Waals surface area contributed by atoms with E-state index in [1.165, 1.54) is 4.57 Å². The van der Waals surface area contributed by atoms with E-state index in [-0.39, 0.29) is 12.3 Å². The number of rotatable bonds is 3. The number of ketones is 1. The van der Waals surface area contributed by atoms with Crippen molar-refractivity contribution in [2.24, 2.45) is 0 Å². The maximum atomic E-state index is 12.2. The number of pyridine rings is 1. The quantitative estimate of drug-likeness (QED) is 0.683. The molecule has 20 heavy (non-hydrogen) atoms. The van der Waals surface area contributed by atoms with Crippen LogP contribution in [0.4, 0.5) is 0 Å². The van der Waals surface area contributed by atoms with Gasteiger partial charge in [0.05, 0.1) is 6.54 Å². The summed E-state index contributed by atoms with van der Waals surface area (Å²) in [5.74, 6) is -0.723. The van der Waals surface area contributed by atoms with Crippen molar-refractivity contribution in [1.29, 1.82) is 0 Å². The Morgan fingerprint density at radius 1 is 1.25 bits per heavy atom. The second-order valence-corrected chi connectivity index (χ2v) is 4.57. The molecule has 3 rings (SSSR count). The van der Waals surface area contributed by atoms with Crippen LogP contribution in [0.3, 0.4) is 0 Å². The third kappa shape index (κ3) is 2.14. The van der Waals surface area contributed by atoms with Crippen LogP contribution in [0, 0.1) is 6.92 Å². The predicted molar refractivity (Wildman–Crippen MR) is 73.8 cm³/mol. The Labute approximate surface area is 114 Å². The largest absolute Gasteiger partial charge is 0.421 e. The molecule has 100 valence electrons. The van der Waals surface area contributed by atoms with Gasteiger partial charge in [-0.1, -0.05) is 29.8 Å². The standard InChI is InChI=1S/C15H12N2O3/c1-10-4-6-11(7-5-10)12(18)9-17-14-13(20-15(17)19)3-2-8-16-14/h2-8H,9H2,1H3. The summed E-state index contributed by atoms with van der Waals surface area (Å²) in [4.78, 5) is 28.0. The zero-order valence-electron chi connectivity index (χ0n) is 10.9. The van der Waals surface area contributed by atoms with Crippen LogP contribution in [0.25, 0.3) is 11.2 Å². The van der Waals surface area contributed by atoms with E-state index in [4.69, 9.17) is 4.42 Å². The van der Waals surface area contributed by atoms with Gasteiger partial charge in [-0.3, -0.25) is 9.36 Å². The molecule has 0 aliphatic heterocycles. The van der Waals surface area contributed by atoms with Gasteiger partial charge in [0.15, 0.2) is 17.0 Å². The van der Waals surface area contributed by atoms with Crippen LogP contribution in [0.15, 0.2) is 51.8 Å². The topological polar surface area (TPSA) is 65.1 Å². The lowest BCUT2D eigenvalue weighted by molar-refractivity contribution is 0.0970. The van der Waals surface area contributed by atoms with Crippen LogP contribution in [0.5, 0.6) is 0 Å². The number of Topliss-reactive ketones (excluding diaryl/α,β-unsaturated/α-hetero) is 1. The van der Waals surface area contributed by atoms with Crippen LogP contribution in [-0.4, -0.2) is 15.3 Å². The van der Waals surface area contributed by atoms with Crippen molar-refractivity contribution < 1.29 is 9.21 Å². The second kappa shape index (κ2) is 4.77. The van der Waals surface area contributed by atoms with E-state index in [2.05, 4.69) is 4.98 Å². The molecule has 0 aliphatic carbocycles. The van der Waals surface area contributed by atoms with Crippen LogP contribution < -0.4 is 5.76 Å². The summed E-state index contributed by atoms with van der Waals surface area (Å²) in [6.45, 7) is 1.87. The van der Waals surface area contributed by atoms with Crippen molar-refractivity contribution in [3.63, 3.8) is 0 Å². The van der Waals surface area contributed by atoms with Crippen LogP contribution >= 0.6 is 0 Å². The summed E-state index contributed by atoms with van der Waals surface area (Å²) < 4.78 is 6.30. The Balaban J connectivity index is 1.97. The highest BCUT2D eigenvalue weighted by atomic mass is 16.4. The molecule has 0 unspecified atom stereocenters. The Morgan fingerprint density at radius 3 is 2.75 bits per heavy atom. The van der Waals surface area contributed by atoms with Crippen LogP contribution in [-0.2, 0) is 6.54 Å². The van der Waals surface area contributed by atoms with Gasteiger partial charge in [-0.2, -0.15) is 0 Å². The highest BCUT2D eigenvalue weighted by molar-refractivity contribution is 5.96. The molecule has 0 atom stereocenters. The zero-order chi connectivity index (χ0) is 14.1. The van der Waals surface area contributed by atoms with E-state index in [9.17, 15) is 9.59 Å². The molecule has 0 saturated carbocycles. The Hall–Kier alpha value is -2.69. The molecular weight excluding hydrogens is 256 g/mol. The second-order valence-electron chi connectivity index (χ2n) is 4.57. The van der Waals surface area contributed by atoms with E-state index in [0.717, 1.165) is 5.56 Å². The van der Waals surface area contributed by atoms with Crippen molar-refractivity contribution >= 4 is 17.0 Å². The molecule has 2 heterocycles. The zero-order valence-corrected chi connectivity index (χ0v) is 10.9. The minimum atomic E-state index is -0.570. The molecule has 0 spiro atoms. The number of fused-ring (bicyclic) bond motifs is 1. The molecule has 5 heteroatoms. The van der Waals surface area contributed by atoms with Gasteiger partial charge in [-0.25, -0.2) is 9.78 Å². The smallest absolute Gasteiger partial charge is 0.406 e. The summed E-state index contributed by atoms with van der Waals surface area (Å²) in [5.41, 5.74) is 2.41. The van der Waals surface area contributed by atoms with E-state index in [1.807, 2.05) is 19.1 Å². The van der Waals surface area contributed by atoms with Gasteiger partial charge in [0, 0.05) is 11.8 Å². The third-order valence-corrected chi connectivity index (χ3v) is 3.10. The first kappa shape index (κ1) is 12.3. The monoisotopic (exact) mass is 268 g/mol. The van der Waals surface area contributed by atoms with Gasteiger partial charge >= 0.3 is 5.76 Å². The summed E-state index contributed by atoms with van der Waals surface area (Å²) in [5, 5.41) is 0. The summed E-state index contributed by atoms with van der Waals surface area (Å²) in [6, 6.07) is 10.5. The van der Waals surface area contributed by atoms with E-state index < -0.39 is 5.76 Å². The van der Waals surface area contributed by atoms with Gasteiger partial charge in [-0.15, -0.1) is 0 Å². The minimum absolute atomic E-state index is 0.0775. The highest BCUT2D eigenvalue weighted by Gasteiger charge is 2.14. The van der Waals surface area contributed by atoms with Crippen molar-refractivity contribution in [3.05, 3.63) is 64.3 Å². The molecule has 0 amide bonds. The lowest BCUT2D eigenvalue weighted by Crippen LogP contribution is -2.20. The molecule has 5 nitrogen and oxygen atoms in total. The number of aryl methyl sites for hydroxylation is 1. The molecule has 2 aromatic heterocycles. The molecule has 3 aromatic rings. The Morgan fingerprint density at radius 2 is 2.00 bits per heavy atom. The first-order valence-corrected chi connectivity index (χ1v) is 6.19. The van der Waals surface area contributed by atoms with Crippen LogP contribution in [0.1, 0.15) is 15.9 Å². The normalized spacial score (nSPS) is 10.8. The van der Waals surface area contributed by atoms with E-state index in [0.29, 0.717) is 16.8 Å². The predicted octanol–water partition coefficient (Wildman–Crippen LogP) is 2.18. The fraction of sp³-hybridized carbons (Fsp3) is 0.133. The van der Waals surface area contributed by atoms with Gasteiger partial charge in [0.1, 0.15) is 0 Å². The average molecular weight is 268 g/mol. The maximum absolute atomic E-state index is 12.2. The summed E-state index contributed by atoms with van der Waals surface area (Å²) in [7, 11) is 0. The molecule has 0 fully saturated rings. The molecule has 0 aliphatic rings. The fourth-order valence-corrected chi connectivity index (χ4v) is 2.01. The molecule has 0 bridgehead atoms. The first-order chi connectivity index (χ1) is 9.65. The summed E-state index contributed by atoms with van der Waals surface area (Å²) in [6.07, 6.45) is 1.56. The number of carbonyl (C=O) groups is 1. The maximum Gasteiger partial charge on any atom is 0.421 e. The highest BCUT2D eigenvalue weighted by Crippen LogP contribution is 2.10. The number of nitrogens with zero attached hydrogens (tertiary/aromatic N) is 2. The van der Waals surface area contributed by atoms with Crippen molar-refractivity contribution in [3.8, 4) is 0 Å². The number of hydrogen-bond acceptors (Lipinski definition) is 4. The lowest BCUT2D eigenvalue weighted by Gasteiger charge is -2.02. The lowest BCUT2D eigenvalue weighted by atomic mass is 10.1. The molecule has 0 saturated heterocycles. The molecule has 1 aromatic carbocycles. The Kier molecular flexibility index (Phi) is 2.95. The third-order valence-electron chi connectivity index (χ3n) is 3.10. The SMILES string of the molecule is Cc1ccc(C(=O)Cn2c(=O)oc3cccnc32)cc1. The Bertz CT molecular complexity index is 828. The number of aromatic nitrogens is 2. The fourth-order valence-electron chi connectivity index (χ4n) is 2.01. The van der Waals surface area contributed by atoms with E-state index >= 15 is 0 Å². The van der Waals surface area contributed by atoms with Gasteiger partial charge in [-0.05, 0) is 19.1 Å². The van der Waals surface area contributed by atoms with Crippen molar-refractivity contribution in [2.45, 2.75) is 13.5 Å². The number of benzene rings is 1. The minimum Gasteiger partial charge on any atom is -0.406 e. The number of hydrogen-bond donors (Lipinski definition) is 0. The average Bonchev–Trinajstić information content (AvgIpc) is 2.76. The van der Waals surface area contributed by atoms with Crippen molar-refractivity contribution in [2.75, 3.05) is 0 Å². The van der Waals surface area contributed by atoms with E-state index in [1.54, 1.807) is 30.5 Å². The van der Waals surface area contributed by atoms with Crippen molar-refractivity contribution in [1.82, 2.24) is 9.55 Å². The summed E-state index contributed by atoms with van der Waals surface area (Å²) >= 11 is 0. The molecule has 0 N–H and O–H groups in total. The molecular formula is C15H12N2O3. The van der Waals surface area contributed by atoms with Crippen LogP contribution in [0.2, 0.25) is 0 Å². The number of oxazole rings is 1. The van der Waals surface area contributed by atoms with Gasteiger partial charge < -0.3 is 4.42 Å². The van der Waals surface area contributed by atoms with Gasteiger partial charge in [0.25, 0.3) is 0 Å². The molecule has 0 radical (unpaired) electrons.